The Bertz CT molecular complexity index is 763. The Morgan fingerprint density at radius 2 is 2.00 bits per heavy atom. The van der Waals surface area contributed by atoms with E-state index in [2.05, 4.69) is 20.6 Å². The lowest BCUT2D eigenvalue weighted by Gasteiger charge is -2.28. The van der Waals surface area contributed by atoms with Gasteiger partial charge in [-0.2, -0.15) is 0 Å². The van der Waals surface area contributed by atoms with E-state index in [-0.39, 0.29) is 17.9 Å². The second-order valence-electron chi connectivity index (χ2n) is 6.76. The van der Waals surface area contributed by atoms with Gasteiger partial charge in [0.1, 0.15) is 0 Å². The average Bonchev–Trinajstić information content (AvgIpc) is 2.64. The van der Waals surface area contributed by atoms with Gasteiger partial charge in [-0.15, -0.1) is 0 Å². The fourth-order valence-corrected chi connectivity index (χ4v) is 3.14. The van der Waals surface area contributed by atoms with Crippen molar-refractivity contribution in [3.63, 3.8) is 0 Å². The molecule has 7 nitrogen and oxygen atoms in total. The fourth-order valence-electron chi connectivity index (χ4n) is 3.14. The lowest BCUT2D eigenvalue weighted by Crippen LogP contribution is -2.45. The van der Waals surface area contributed by atoms with Crippen LogP contribution in [0.1, 0.15) is 47.2 Å². The number of amides is 1. The molecular formula is C19H25N5O2. The number of aryl methyl sites for hydroxylation is 1. The quantitative estimate of drug-likeness (QED) is 0.652. The summed E-state index contributed by atoms with van der Waals surface area (Å²) in [5, 5.41) is 16.3. The van der Waals surface area contributed by atoms with Crippen LogP contribution < -0.4 is 16.4 Å². The molecule has 7 heteroatoms. The van der Waals surface area contributed by atoms with Gasteiger partial charge in [0, 0.05) is 35.8 Å². The van der Waals surface area contributed by atoms with Gasteiger partial charge in [-0.1, -0.05) is 18.9 Å². The van der Waals surface area contributed by atoms with E-state index in [4.69, 9.17) is 5.73 Å². The van der Waals surface area contributed by atoms with E-state index in [0.29, 0.717) is 12.1 Å². The molecule has 0 saturated heterocycles. The monoisotopic (exact) mass is 355 g/mol. The zero-order chi connectivity index (χ0) is 18.5. The molecule has 138 valence electrons. The molecule has 5 N–H and O–H groups in total. The van der Waals surface area contributed by atoms with Crippen LogP contribution in [0.5, 0.6) is 0 Å². The van der Waals surface area contributed by atoms with E-state index < -0.39 is 6.10 Å². The number of nitrogens with two attached hydrogens (primary N) is 1. The van der Waals surface area contributed by atoms with Crippen molar-refractivity contribution in [1.29, 1.82) is 0 Å². The smallest absolute Gasteiger partial charge is 0.251 e. The highest BCUT2D eigenvalue weighted by molar-refractivity contribution is 5.95. The van der Waals surface area contributed by atoms with Gasteiger partial charge in [0.05, 0.1) is 12.1 Å². The van der Waals surface area contributed by atoms with Gasteiger partial charge in [-0.3, -0.25) is 4.79 Å². The molecule has 1 aliphatic rings. The van der Waals surface area contributed by atoms with Crippen LogP contribution in [0.15, 0.2) is 30.6 Å². The Labute approximate surface area is 153 Å². The normalized spacial score (nSPS) is 19.8. The molecule has 2 aromatic rings. The first-order valence-corrected chi connectivity index (χ1v) is 8.93. The van der Waals surface area contributed by atoms with Gasteiger partial charge in [-0.05, 0) is 37.5 Å². The van der Waals surface area contributed by atoms with E-state index in [1.54, 1.807) is 18.5 Å². The zero-order valence-electron chi connectivity index (χ0n) is 14.9. The minimum Gasteiger partial charge on any atom is -0.391 e. The number of carbonyl (C=O) groups is 1. The number of aliphatic hydroxyl groups is 1. The molecule has 1 heterocycles. The van der Waals surface area contributed by atoms with Crippen molar-refractivity contribution in [2.24, 2.45) is 0 Å². The van der Waals surface area contributed by atoms with Gasteiger partial charge in [0.15, 0.2) is 0 Å². The lowest BCUT2D eigenvalue weighted by molar-refractivity contribution is 0.0717. The SMILES string of the molecule is Cc1ccc(C(=O)N[C@H]2CCCC[C@@H]2O)cc1NCc1cnc(N)nc1. The van der Waals surface area contributed by atoms with Crippen LogP contribution in [0.4, 0.5) is 11.6 Å². The molecule has 0 aliphatic heterocycles. The average molecular weight is 355 g/mol. The van der Waals surface area contributed by atoms with Crippen LogP contribution in [0, 0.1) is 6.92 Å². The van der Waals surface area contributed by atoms with E-state index >= 15 is 0 Å². The molecule has 0 bridgehead atoms. The molecule has 0 unspecified atom stereocenters. The Balaban J connectivity index is 1.66. The highest BCUT2D eigenvalue weighted by atomic mass is 16.3. The third-order valence-electron chi connectivity index (χ3n) is 4.75. The number of aliphatic hydroxyl groups excluding tert-OH is 1. The molecule has 0 radical (unpaired) electrons. The van der Waals surface area contributed by atoms with Gasteiger partial charge < -0.3 is 21.5 Å². The summed E-state index contributed by atoms with van der Waals surface area (Å²) in [4.78, 5) is 20.5. The van der Waals surface area contributed by atoms with Crippen molar-refractivity contribution in [3.05, 3.63) is 47.3 Å². The molecular weight excluding hydrogens is 330 g/mol. The van der Waals surface area contributed by atoms with Gasteiger partial charge >= 0.3 is 0 Å². The summed E-state index contributed by atoms with van der Waals surface area (Å²) in [5.41, 5.74) is 8.88. The molecule has 26 heavy (non-hydrogen) atoms. The molecule has 0 spiro atoms. The first-order chi connectivity index (χ1) is 12.5. The summed E-state index contributed by atoms with van der Waals surface area (Å²) >= 11 is 0. The minimum atomic E-state index is -0.457. The third-order valence-corrected chi connectivity index (χ3v) is 4.75. The van der Waals surface area contributed by atoms with Gasteiger partial charge in [0.25, 0.3) is 5.91 Å². The number of aromatic nitrogens is 2. The maximum Gasteiger partial charge on any atom is 0.251 e. The number of nitrogens with zero attached hydrogens (tertiary/aromatic N) is 2. The van der Waals surface area contributed by atoms with Gasteiger partial charge in [-0.25, -0.2) is 9.97 Å². The van der Waals surface area contributed by atoms with Crippen LogP contribution in [0.25, 0.3) is 0 Å². The van der Waals surface area contributed by atoms with Crippen molar-refractivity contribution >= 4 is 17.5 Å². The standard InChI is InChI=1S/C19H25N5O2/c1-12-6-7-14(18(26)24-15-4-2-3-5-17(15)25)8-16(12)21-9-13-10-22-19(20)23-11-13/h6-8,10-11,15,17,21,25H,2-5,9H2,1H3,(H,24,26)(H2,20,22,23)/t15-,17-/m0/s1. The van der Waals surface area contributed by atoms with Crippen LogP contribution in [0.3, 0.4) is 0 Å². The Morgan fingerprint density at radius 1 is 1.27 bits per heavy atom. The van der Waals surface area contributed by atoms with Crippen molar-refractivity contribution in [3.8, 4) is 0 Å². The molecule has 1 aromatic heterocycles. The fraction of sp³-hybridized carbons (Fsp3) is 0.421. The van der Waals surface area contributed by atoms with E-state index in [9.17, 15) is 9.90 Å². The number of rotatable bonds is 5. The number of anilines is 2. The lowest BCUT2D eigenvalue weighted by atomic mass is 9.92. The van der Waals surface area contributed by atoms with Crippen molar-refractivity contribution in [1.82, 2.24) is 15.3 Å². The minimum absolute atomic E-state index is 0.158. The zero-order valence-corrected chi connectivity index (χ0v) is 14.9. The van der Waals surface area contributed by atoms with Crippen LogP contribution >= 0.6 is 0 Å². The van der Waals surface area contributed by atoms with E-state index in [0.717, 1.165) is 42.5 Å². The number of hydrogen-bond donors (Lipinski definition) is 4. The van der Waals surface area contributed by atoms with E-state index in [1.807, 2.05) is 19.1 Å². The summed E-state index contributed by atoms with van der Waals surface area (Å²) in [6.07, 6.45) is 6.50. The largest absolute Gasteiger partial charge is 0.391 e. The highest BCUT2D eigenvalue weighted by Crippen LogP contribution is 2.21. The second kappa shape index (κ2) is 8.14. The van der Waals surface area contributed by atoms with Crippen LogP contribution in [-0.4, -0.2) is 33.1 Å². The molecule has 3 rings (SSSR count). The second-order valence-corrected chi connectivity index (χ2v) is 6.76. The maximum absolute atomic E-state index is 12.5. The molecule has 1 fully saturated rings. The summed E-state index contributed by atoms with van der Waals surface area (Å²) in [5.74, 6) is 0.0864. The maximum atomic E-state index is 12.5. The summed E-state index contributed by atoms with van der Waals surface area (Å²) in [7, 11) is 0. The Hall–Kier alpha value is -2.67. The van der Waals surface area contributed by atoms with Crippen molar-refractivity contribution in [2.75, 3.05) is 11.1 Å². The number of carbonyl (C=O) groups excluding carboxylic acids is 1. The summed E-state index contributed by atoms with van der Waals surface area (Å²) < 4.78 is 0. The van der Waals surface area contributed by atoms with Crippen molar-refractivity contribution in [2.45, 2.75) is 51.3 Å². The number of nitrogen functional groups attached to an aromatic ring is 1. The van der Waals surface area contributed by atoms with Crippen LogP contribution in [0.2, 0.25) is 0 Å². The Kier molecular flexibility index (Phi) is 5.68. The molecule has 2 atom stereocenters. The summed E-state index contributed by atoms with van der Waals surface area (Å²) in [6.45, 7) is 2.52. The predicted molar refractivity (Wildman–Crippen MR) is 101 cm³/mol. The van der Waals surface area contributed by atoms with Gasteiger partial charge in [0.2, 0.25) is 5.95 Å². The third kappa shape index (κ3) is 4.49. The Morgan fingerprint density at radius 3 is 2.73 bits per heavy atom. The first-order valence-electron chi connectivity index (χ1n) is 8.93. The first kappa shape index (κ1) is 18.1. The van der Waals surface area contributed by atoms with Crippen LogP contribution in [-0.2, 0) is 6.54 Å². The molecule has 1 saturated carbocycles. The van der Waals surface area contributed by atoms with E-state index in [1.165, 1.54) is 0 Å². The number of nitrogens with one attached hydrogen (secondary N) is 2. The molecule has 1 aliphatic carbocycles. The molecule has 1 aromatic carbocycles. The number of hydrogen-bond acceptors (Lipinski definition) is 6. The summed E-state index contributed by atoms with van der Waals surface area (Å²) in [6, 6.07) is 5.38. The highest BCUT2D eigenvalue weighted by Gasteiger charge is 2.24. The topological polar surface area (TPSA) is 113 Å². The van der Waals surface area contributed by atoms with Crippen molar-refractivity contribution < 1.29 is 9.90 Å². The predicted octanol–water partition coefficient (Wildman–Crippen LogP) is 2.01. The molecule has 1 amide bonds. The number of benzene rings is 1.